The first kappa shape index (κ1) is 13.4. The van der Waals surface area contributed by atoms with E-state index in [0.717, 1.165) is 5.57 Å². The van der Waals surface area contributed by atoms with Crippen molar-refractivity contribution in [2.75, 3.05) is 5.32 Å². The minimum atomic E-state index is -1.08. The summed E-state index contributed by atoms with van der Waals surface area (Å²) in [5, 5.41) is 11.5. The Kier molecular flexibility index (Phi) is 4.45. The lowest BCUT2D eigenvalue weighted by atomic mass is 10.2. The number of hydrogen-bond acceptors (Lipinski definition) is 2. The van der Waals surface area contributed by atoms with Crippen LogP contribution in [-0.2, 0) is 4.79 Å². The molecule has 0 fully saturated rings. The molecule has 0 atom stereocenters. The fourth-order valence-corrected chi connectivity index (χ4v) is 1.60. The number of allylic oxidation sites excluding steroid dienone is 1. The van der Waals surface area contributed by atoms with Crippen LogP contribution in [0, 0.1) is 0 Å². The summed E-state index contributed by atoms with van der Waals surface area (Å²) in [4.78, 5) is 22.5. The number of carbonyl (C=O) groups excluding carboxylic acids is 1. The van der Waals surface area contributed by atoms with E-state index < -0.39 is 5.97 Å². The van der Waals surface area contributed by atoms with Gasteiger partial charge in [-0.05, 0) is 32.0 Å². The third kappa shape index (κ3) is 4.03. The molecular formula is C12H12BrNO3. The number of carboxylic acids is 1. The van der Waals surface area contributed by atoms with Crippen molar-refractivity contribution >= 4 is 33.5 Å². The second kappa shape index (κ2) is 5.63. The number of carbonyl (C=O) groups is 2. The van der Waals surface area contributed by atoms with Gasteiger partial charge >= 0.3 is 5.97 Å². The highest BCUT2D eigenvalue weighted by molar-refractivity contribution is 9.10. The summed E-state index contributed by atoms with van der Waals surface area (Å²) >= 11 is 3.23. The number of amides is 1. The molecule has 0 bridgehead atoms. The first-order valence-corrected chi connectivity index (χ1v) is 5.68. The molecule has 2 N–H and O–H groups in total. The van der Waals surface area contributed by atoms with Crippen LogP contribution >= 0.6 is 15.9 Å². The van der Waals surface area contributed by atoms with Crippen molar-refractivity contribution in [1.82, 2.24) is 0 Å². The quantitative estimate of drug-likeness (QED) is 0.843. The molecule has 1 aromatic rings. The molecule has 0 heterocycles. The van der Waals surface area contributed by atoms with Gasteiger partial charge in [0.15, 0.2) is 0 Å². The highest BCUT2D eigenvalue weighted by Gasteiger charge is 2.11. The van der Waals surface area contributed by atoms with E-state index in [-0.39, 0.29) is 17.2 Å². The summed E-state index contributed by atoms with van der Waals surface area (Å²) in [5.74, 6) is -1.42. The number of rotatable bonds is 3. The van der Waals surface area contributed by atoms with Gasteiger partial charge in [-0.25, -0.2) is 4.79 Å². The molecule has 0 aromatic heterocycles. The van der Waals surface area contributed by atoms with Crippen molar-refractivity contribution in [3.05, 3.63) is 39.9 Å². The van der Waals surface area contributed by atoms with Crippen LogP contribution in [0.25, 0.3) is 0 Å². The molecule has 0 radical (unpaired) electrons. The first-order chi connectivity index (χ1) is 7.90. The zero-order valence-electron chi connectivity index (χ0n) is 9.45. The minimum absolute atomic E-state index is 0.0590. The number of benzene rings is 1. The van der Waals surface area contributed by atoms with E-state index in [1.807, 2.05) is 0 Å². The van der Waals surface area contributed by atoms with Crippen molar-refractivity contribution in [2.45, 2.75) is 13.8 Å². The molecule has 90 valence electrons. The van der Waals surface area contributed by atoms with Crippen molar-refractivity contribution in [2.24, 2.45) is 0 Å². The molecule has 1 amide bonds. The smallest absolute Gasteiger partial charge is 0.337 e. The SMILES string of the molecule is CC(C)=CC(=O)Nc1cc(Br)ccc1C(=O)O. The molecule has 5 heteroatoms. The van der Waals surface area contributed by atoms with Crippen LogP contribution in [0.2, 0.25) is 0 Å². The number of halogens is 1. The highest BCUT2D eigenvalue weighted by Crippen LogP contribution is 2.21. The zero-order valence-corrected chi connectivity index (χ0v) is 11.0. The van der Waals surface area contributed by atoms with E-state index in [2.05, 4.69) is 21.2 Å². The van der Waals surface area contributed by atoms with Crippen molar-refractivity contribution in [3.63, 3.8) is 0 Å². The van der Waals surface area contributed by atoms with Gasteiger partial charge in [0, 0.05) is 10.5 Å². The van der Waals surface area contributed by atoms with Gasteiger partial charge in [-0.3, -0.25) is 4.79 Å². The van der Waals surface area contributed by atoms with Crippen LogP contribution in [0.5, 0.6) is 0 Å². The van der Waals surface area contributed by atoms with Crippen molar-refractivity contribution < 1.29 is 14.7 Å². The van der Waals surface area contributed by atoms with Crippen LogP contribution in [0.4, 0.5) is 5.69 Å². The number of anilines is 1. The second-order valence-corrected chi connectivity index (χ2v) is 4.62. The van der Waals surface area contributed by atoms with Crippen LogP contribution in [-0.4, -0.2) is 17.0 Å². The van der Waals surface area contributed by atoms with Gasteiger partial charge in [0.1, 0.15) is 0 Å². The lowest BCUT2D eigenvalue weighted by Gasteiger charge is -2.07. The molecule has 0 spiro atoms. The minimum Gasteiger partial charge on any atom is -0.478 e. The molecule has 0 unspecified atom stereocenters. The monoisotopic (exact) mass is 297 g/mol. The zero-order chi connectivity index (χ0) is 13.0. The van der Waals surface area contributed by atoms with Gasteiger partial charge < -0.3 is 10.4 Å². The Morgan fingerprint density at radius 1 is 1.35 bits per heavy atom. The van der Waals surface area contributed by atoms with Gasteiger partial charge in [-0.1, -0.05) is 21.5 Å². The third-order valence-electron chi connectivity index (χ3n) is 1.89. The fraction of sp³-hybridized carbons (Fsp3) is 0.167. The Morgan fingerprint density at radius 3 is 2.53 bits per heavy atom. The molecule has 1 aromatic carbocycles. The van der Waals surface area contributed by atoms with Crippen molar-refractivity contribution in [1.29, 1.82) is 0 Å². The number of carboxylic acid groups (broad SMARTS) is 1. The summed E-state index contributed by atoms with van der Waals surface area (Å²) in [7, 11) is 0. The van der Waals surface area contributed by atoms with E-state index in [9.17, 15) is 9.59 Å². The van der Waals surface area contributed by atoms with Gasteiger partial charge in [0.2, 0.25) is 5.91 Å². The van der Waals surface area contributed by atoms with E-state index in [1.165, 1.54) is 12.1 Å². The van der Waals surface area contributed by atoms with Gasteiger partial charge in [-0.2, -0.15) is 0 Å². The molecule has 0 aliphatic carbocycles. The fourth-order valence-electron chi connectivity index (χ4n) is 1.24. The molecular weight excluding hydrogens is 286 g/mol. The van der Waals surface area contributed by atoms with E-state index >= 15 is 0 Å². The standard InChI is InChI=1S/C12H12BrNO3/c1-7(2)5-11(15)14-10-6-8(13)3-4-9(10)12(16)17/h3-6H,1-2H3,(H,14,15)(H,16,17). The predicted octanol–water partition coefficient (Wildman–Crippen LogP) is 3.05. The summed E-state index contributed by atoms with van der Waals surface area (Å²) < 4.78 is 0.704. The number of nitrogens with one attached hydrogen (secondary N) is 1. The Bertz CT molecular complexity index is 491. The third-order valence-corrected chi connectivity index (χ3v) is 2.38. The number of hydrogen-bond donors (Lipinski definition) is 2. The lowest BCUT2D eigenvalue weighted by Crippen LogP contribution is -2.12. The molecule has 4 nitrogen and oxygen atoms in total. The summed E-state index contributed by atoms with van der Waals surface area (Å²) in [5.41, 5.74) is 1.17. The normalized spacial score (nSPS) is 9.59. The van der Waals surface area contributed by atoms with Gasteiger partial charge in [0.05, 0.1) is 11.3 Å². The Balaban J connectivity index is 3.04. The number of aromatic carboxylic acids is 1. The van der Waals surface area contributed by atoms with Crippen LogP contribution in [0.15, 0.2) is 34.3 Å². The largest absolute Gasteiger partial charge is 0.478 e. The Hall–Kier alpha value is -1.62. The lowest BCUT2D eigenvalue weighted by molar-refractivity contribution is -0.111. The first-order valence-electron chi connectivity index (χ1n) is 4.89. The topological polar surface area (TPSA) is 66.4 Å². The highest BCUT2D eigenvalue weighted by atomic mass is 79.9. The van der Waals surface area contributed by atoms with Crippen LogP contribution in [0.3, 0.4) is 0 Å². The van der Waals surface area contributed by atoms with E-state index in [4.69, 9.17) is 5.11 Å². The Morgan fingerprint density at radius 2 is 2.00 bits per heavy atom. The molecule has 17 heavy (non-hydrogen) atoms. The molecule has 0 saturated carbocycles. The molecule has 0 aliphatic rings. The molecule has 0 aliphatic heterocycles. The van der Waals surface area contributed by atoms with Crippen LogP contribution in [0.1, 0.15) is 24.2 Å². The maximum atomic E-state index is 11.5. The van der Waals surface area contributed by atoms with Crippen molar-refractivity contribution in [3.8, 4) is 0 Å². The maximum absolute atomic E-state index is 11.5. The molecule has 1 rings (SSSR count). The predicted molar refractivity (Wildman–Crippen MR) is 69.2 cm³/mol. The summed E-state index contributed by atoms with van der Waals surface area (Å²) in [6.07, 6.45) is 1.41. The van der Waals surface area contributed by atoms with Gasteiger partial charge in [-0.15, -0.1) is 0 Å². The summed E-state index contributed by atoms with van der Waals surface area (Å²) in [6.45, 7) is 3.58. The summed E-state index contributed by atoms with van der Waals surface area (Å²) in [6, 6.07) is 4.60. The second-order valence-electron chi connectivity index (χ2n) is 3.71. The van der Waals surface area contributed by atoms with Crippen LogP contribution < -0.4 is 5.32 Å². The van der Waals surface area contributed by atoms with E-state index in [1.54, 1.807) is 26.0 Å². The molecule has 0 saturated heterocycles. The van der Waals surface area contributed by atoms with E-state index in [0.29, 0.717) is 4.47 Å². The van der Waals surface area contributed by atoms with Gasteiger partial charge in [0.25, 0.3) is 0 Å². The average molecular weight is 298 g/mol. The Labute approximate surface area is 107 Å². The maximum Gasteiger partial charge on any atom is 0.337 e. The average Bonchev–Trinajstić information content (AvgIpc) is 2.15.